The highest BCUT2D eigenvalue weighted by Crippen LogP contribution is 2.37. The second-order valence-corrected chi connectivity index (χ2v) is 6.78. The molecule has 1 fully saturated rings. The second kappa shape index (κ2) is 7.35. The Morgan fingerprint density at radius 1 is 1.11 bits per heavy atom. The van der Waals surface area contributed by atoms with E-state index in [0.29, 0.717) is 24.4 Å². The van der Waals surface area contributed by atoms with Gasteiger partial charge in [-0.15, -0.1) is 0 Å². The highest BCUT2D eigenvalue weighted by molar-refractivity contribution is 5.85. The Bertz CT molecular complexity index is 1030. The van der Waals surface area contributed by atoms with Gasteiger partial charge in [0.1, 0.15) is 11.8 Å². The minimum absolute atomic E-state index is 0.0789. The topological polar surface area (TPSA) is 97.5 Å². The van der Waals surface area contributed by atoms with Gasteiger partial charge in [0.15, 0.2) is 5.75 Å². The third-order valence-corrected chi connectivity index (χ3v) is 4.78. The molecule has 1 aromatic carbocycles. The molecule has 28 heavy (non-hydrogen) atoms. The van der Waals surface area contributed by atoms with Gasteiger partial charge in [-0.2, -0.15) is 4.98 Å². The van der Waals surface area contributed by atoms with Crippen molar-refractivity contribution < 1.29 is 9.66 Å². The number of ether oxygens (including phenoxy) is 1. The average molecular weight is 380 g/mol. The molecule has 0 N–H and O–H groups in total. The zero-order valence-corrected chi connectivity index (χ0v) is 15.7. The number of pyridine rings is 1. The Morgan fingerprint density at radius 2 is 1.89 bits per heavy atom. The van der Waals surface area contributed by atoms with Crippen molar-refractivity contribution in [1.82, 2.24) is 19.9 Å². The Morgan fingerprint density at radius 3 is 2.64 bits per heavy atom. The number of anilines is 1. The average Bonchev–Trinajstić information content (AvgIpc) is 2.69. The maximum absolute atomic E-state index is 11.9. The number of rotatable bonds is 4. The number of hydrogen-bond donors (Lipinski definition) is 0. The summed E-state index contributed by atoms with van der Waals surface area (Å²) >= 11 is 0. The predicted octanol–water partition coefficient (Wildman–Crippen LogP) is 2.79. The molecule has 4 rings (SSSR count). The highest BCUT2D eigenvalue weighted by Gasteiger charge is 2.30. The van der Waals surface area contributed by atoms with Crippen LogP contribution in [0.3, 0.4) is 0 Å². The number of benzene rings is 1. The predicted molar refractivity (Wildman–Crippen MR) is 105 cm³/mol. The number of nitrogens with zero attached hydrogens (tertiary/aromatic N) is 6. The Hall–Kier alpha value is -3.33. The van der Waals surface area contributed by atoms with Crippen LogP contribution in [0.15, 0.2) is 36.7 Å². The zero-order valence-electron chi connectivity index (χ0n) is 15.7. The molecule has 0 atom stereocenters. The third kappa shape index (κ3) is 3.44. The van der Waals surface area contributed by atoms with E-state index < -0.39 is 4.92 Å². The summed E-state index contributed by atoms with van der Waals surface area (Å²) in [5.74, 6) is 0.629. The molecule has 0 aliphatic carbocycles. The van der Waals surface area contributed by atoms with E-state index in [2.05, 4.69) is 19.9 Å². The van der Waals surface area contributed by atoms with E-state index in [9.17, 15) is 10.1 Å². The van der Waals surface area contributed by atoms with Crippen molar-refractivity contribution >= 4 is 22.4 Å². The van der Waals surface area contributed by atoms with Crippen molar-refractivity contribution in [3.63, 3.8) is 0 Å². The van der Waals surface area contributed by atoms with E-state index in [1.807, 2.05) is 43.1 Å². The van der Waals surface area contributed by atoms with E-state index in [-0.39, 0.29) is 17.4 Å². The van der Waals surface area contributed by atoms with Gasteiger partial charge in [-0.1, -0.05) is 18.2 Å². The minimum Gasteiger partial charge on any atom is -0.431 e. The summed E-state index contributed by atoms with van der Waals surface area (Å²) in [6, 6.07) is 9.32. The van der Waals surface area contributed by atoms with E-state index in [4.69, 9.17) is 4.74 Å². The molecule has 0 spiro atoms. The summed E-state index contributed by atoms with van der Waals surface area (Å²) in [5.41, 5.74) is 1.24. The van der Waals surface area contributed by atoms with E-state index >= 15 is 0 Å². The first-order chi connectivity index (χ1) is 13.5. The molecule has 0 unspecified atom stereocenters. The van der Waals surface area contributed by atoms with Crippen LogP contribution in [-0.4, -0.2) is 58.0 Å². The zero-order chi connectivity index (χ0) is 19.7. The molecule has 0 amide bonds. The van der Waals surface area contributed by atoms with Crippen LogP contribution in [0.5, 0.6) is 11.6 Å². The lowest BCUT2D eigenvalue weighted by Crippen LogP contribution is -2.45. The normalized spacial score (nSPS) is 15.0. The summed E-state index contributed by atoms with van der Waals surface area (Å²) in [6.07, 6.45) is 1.31. The number of para-hydroxylation sites is 1. The van der Waals surface area contributed by atoms with E-state index in [0.717, 1.165) is 24.2 Å². The van der Waals surface area contributed by atoms with Gasteiger partial charge in [-0.05, 0) is 26.1 Å². The number of aryl methyl sites for hydroxylation is 1. The largest absolute Gasteiger partial charge is 0.431 e. The molecule has 2 aromatic heterocycles. The van der Waals surface area contributed by atoms with Crippen molar-refractivity contribution in [3.8, 4) is 11.6 Å². The summed E-state index contributed by atoms with van der Waals surface area (Å²) in [7, 11) is 2.02. The standard InChI is InChI=1S/C19H20N6O3/c1-13-6-7-14-4-3-5-15(16(14)22-13)28-19-17(25(26)27)18(20-12-21-19)24-10-8-23(2)9-11-24/h3-7,12H,8-11H2,1-2H3. The second-order valence-electron chi connectivity index (χ2n) is 6.78. The van der Waals surface area contributed by atoms with Crippen LogP contribution in [0.1, 0.15) is 5.69 Å². The van der Waals surface area contributed by atoms with Crippen molar-refractivity contribution in [1.29, 1.82) is 0 Å². The fraction of sp³-hybridized carbons (Fsp3) is 0.316. The van der Waals surface area contributed by atoms with E-state index in [1.54, 1.807) is 6.07 Å². The number of aromatic nitrogens is 3. The maximum Gasteiger partial charge on any atom is 0.373 e. The molecule has 0 radical (unpaired) electrons. The Balaban J connectivity index is 1.76. The molecule has 0 saturated carbocycles. The van der Waals surface area contributed by atoms with Crippen LogP contribution in [-0.2, 0) is 0 Å². The minimum atomic E-state index is -0.479. The molecule has 1 saturated heterocycles. The van der Waals surface area contributed by atoms with Gasteiger partial charge in [0, 0.05) is 37.3 Å². The molecule has 3 heterocycles. The molecular formula is C19H20N6O3. The Kier molecular flexibility index (Phi) is 4.74. The molecule has 9 nitrogen and oxygen atoms in total. The molecule has 0 bridgehead atoms. The SMILES string of the molecule is Cc1ccc2cccc(Oc3ncnc(N4CCN(C)CC4)c3[N+](=O)[O-])c2n1. The van der Waals surface area contributed by atoms with Crippen LogP contribution < -0.4 is 9.64 Å². The summed E-state index contributed by atoms with van der Waals surface area (Å²) < 4.78 is 5.90. The van der Waals surface area contributed by atoms with Gasteiger partial charge in [-0.3, -0.25) is 10.1 Å². The number of likely N-dealkylation sites (N-methyl/N-ethyl adjacent to an activating group) is 1. The first-order valence-electron chi connectivity index (χ1n) is 9.00. The molecule has 144 valence electrons. The molecule has 3 aromatic rings. The smallest absolute Gasteiger partial charge is 0.373 e. The lowest BCUT2D eigenvalue weighted by atomic mass is 10.2. The Labute approximate surface area is 161 Å². The quantitative estimate of drug-likeness (QED) is 0.503. The van der Waals surface area contributed by atoms with Crippen molar-refractivity contribution in [2.24, 2.45) is 0 Å². The number of hydrogen-bond acceptors (Lipinski definition) is 8. The first kappa shape index (κ1) is 18.1. The van der Waals surface area contributed by atoms with Crippen molar-refractivity contribution in [2.75, 3.05) is 38.1 Å². The monoisotopic (exact) mass is 380 g/mol. The maximum atomic E-state index is 11.9. The van der Waals surface area contributed by atoms with Crippen LogP contribution in [0.25, 0.3) is 10.9 Å². The van der Waals surface area contributed by atoms with Crippen molar-refractivity contribution in [3.05, 3.63) is 52.5 Å². The van der Waals surface area contributed by atoms with Crippen LogP contribution >= 0.6 is 0 Å². The third-order valence-electron chi connectivity index (χ3n) is 4.78. The number of nitro groups is 1. The number of piperazine rings is 1. The fourth-order valence-corrected chi connectivity index (χ4v) is 3.24. The summed E-state index contributed by atoms with van der Waals surface area (Å²) in [5, 5.41) is 12.7. The molecular weight excluding hydrogens is 360 g/mol. The van der Waals surface area contributed by atoms with Gasteiger partial charge >= 0.3 is 11.6 Å². The lowest BCUT2D eigenvalue weighted by molar-refractivity contribution is -0.385. The lowest BCUT2D eigenvalue weighted by Gasteiger charge is -2.32. The van der Waals surface area contributed by atoms with Gasteiger partial charge in [0.2, 0.25) is 5.82 Å². The van der Waals surface area contributed by atoms with Gasteiger partial charge < -0.3 is 14.5 Å². The molecule has 9 heteroatoms. The molecule has 1 aliphatic heterocycles. The van der Waals surface area contributed by atoms with Crippen LogP contribution in [0.4, 0.5) is 11.5 Å². The first-order valence-corrected chi connectivity index (χ1v) is 9.00. The van der Waals surface area contributed by atoms with Crippen LogP contribution in [0, 0.1) is 17.0 Å². The number of fused-ring (bicyclic) bond motifs is 1. The van der Waals surface area contributed by atoms with Crippen LogP contribution in [0.2, 0.25) is 0 Å². The van der Waals surface area contributed by atoms with Crippen molar-refractivity contribution in [2.45, 2.75) is 6.92 Å². The van der Waals surface area contributed by atoms with E-state index in [1.165, 1.54) is 6.33 Å². The van der Waals surface area contributed by atoms with Gasteiger partial charge in [0.05, 0.1) is 4.92 Å². The highest BCUT2D eigenvalue weighted by atomic mass is 16.6. The summed E-state index contributed by atoms with van der Waals surface area (Å²) in [4.78, 5) is 28.2. The van der Waals surface area contributed by atoms with Gasteiger partial charge in [-0.25, -0.2) is 9.97 Å². The molecule has 1 aliphatic rings. The van der Waals surface area contributed by atoms with Gasteiger partial charge in [0.25, 0.3) is 0 Å². The summed E-state index contributed by atoms with van der Waals surface area (Å²) in [6.45, 7) is 4.81. The fourth-order valence-electron chi connectivity index (χ4n) is 3.24.